The number of nitrogens with one attached hydrogen (secondary N) is 2. The van der Waals surface area contributed by atoms with E-state index >= 15 is 0 Å². The molecule has 1 rings (SSSR count). The lowest BCUT2D eigenvalue weighted by Crippen LogP contribution is -2.50. The Kier molecular flexibility index (Phi) is 5.51. The molecule has 0 fully saturated rings. The van der Waals surface area contributed by atoms with Crippen LogP contribution in [-0.2, 0) is 14.8 Å². The zero-order valence-corrected chi connectivity index (χ0v) is 13.2. The van der Waals surface area contributed by atoms with E-state index in [2.05, 4.69) is 10.0 Å². The number of sulfonamides is 1. The van der Waals surface area contributed by atoms with Crippen molar-refractivity contribution in [2.45, 2.75) is 19.4 Å². The zero-order valence-electron chi connectivity index (χ0n) is 12.4. The van der Waals surface area contributed by atoms with Gasteiger partial charge in [0, 0.05) is 23.8 Å². The lowest BCUT2D eigenvalue weighted by Gasteiger charge is -2.24. The number of nitrogen functional groups attached to an aromatic ring is 1. The van der Waals surface area contributed by atoms with Crippen LogP contribution in [0.3, 0.4) is 0 Å². The highest BCUT2D eigenvalue weighted by atomic mass is 32.2. The SMILES string of the molecule is CC(C)(CNC(=O)/C=C/c1cccc(N)c1)NS(C)(=O)=O. The van der Waals surface area contributed by atoms with Crippen LogP contribution in [0.5, 0.6) is 0 Å². The molecule has 1 amide bonds. The van der Waals surface area contributed by atoms with E-state index in [4.69, 9.17) is 5.73 Å². The van der Waals surface area contributed by atoms with Gasteiger partial charge in [-0.15, -0.1) is 0 Å². The minimum atomic E-state index is -3.32. The average molecular weight is 311 g/mol. The average Bonchev–Trinajstić information content (AvgIpc) is 2.31. The molecule has 0 atom stereocenters. The van der Waals surface area contributed by atoms with Gasteiger partial charge in [-0.2, -0.15) is 0 Å². The molecule has 0 aromatic heterocycles. The second kappa shape index (κ2) is 6.73. The number of hydrogen-bond donors (Lipinski definition) is 3. The Balaban J connectivity index is 2.55. The highest BCUT2D eigenvalue weighted by Gasteiger charge is 2.22. The molecule has 0 radical (unpaired) electrons. The topological polar surface area (TPSA) is 101 Å². The van der Waals surface area contributed by atoms with Crippen molar-refractivity contribution in [3.63, 3.8) is 0 Å². The van der Waals surface area contributed by atoms with Gasteiger partial charge in [0.1, 0.15) is 0 Å². The summed E-state index contributed by atoms with van der Waals surface area (Å²) in [7, 11) is -3.32. The van der Waals surface area contributed by atoms with Crippen molar-refractivity contribution < 1.29 is 13.2 Å². The Labute approximate surface area is 125 Å². The number of anilines is 1. The first-order chi connectivity index (χ1) is 9.57. The molecule has 0 unspecified atom stereocenters. The van der Waals surface area contributed by atoms with Crippen LogP contribution in [-0.4, -0.2) is 32.7 Å². The number of carbonyl (C=O) groups excluding carboxylic acids is 1. The van der Waals surface area contributed by atoms with E-state index in [-0.39, 0.29) is 12.5 Å². The first kappa shape index (κ1) is 17.2. The monoisotopic (exact) mass is 311 g/mol. The molecule has 0 bridgehead atoms. The van der Waals surface area contributed by atoms with Crippen LogP contribution in [0.25, 0.3) is 6.08 Å². The Bertz CT molecular complexity index is 637. The van der Waals surface area contributed by atoms with Crippen LogP contribution in [0.2, 0.25) is 0 Å². The second-order valence-electron chi connectivity index (χ2n) is 5.48. The van der Waals surface area contributed by atoms with E-state index in [1.807, 2.05) is 6.07 Å². The predicted octanol–water partition coefficient (Wildman–Crippen LogP) is 0.726. The minimum Gasteiger partial charge on any atom is -0.399 e. The summed E-state index contributed by atoms with van der Waals surface area (Å²) in [6, 6.07) is 7.14. The van der Waals surface area contributed by atoms with Crippen molar-refractivity contribution in [1.82, 2.24) is 10.0 Å². The molecule has 1 aromatic rings. The second-order valence-corrected chi connectivity index (χ2v) is 7.23. The van der Waals surface area contributed by atoms with Crippen LogP contribution in [0.1, 0.15) is 19.4 Å². The fourth-order valence-electron chi connectivity index (χ4n) is 1.74. The summed E-state index contributed by atoms with van der Waals surface area (Å²) in [4.78, 5) is 11.7. The fourth-order valence-corrected chi connectivity index (χ4v) is 2.82. The fraction of sp³-hybridized carbons (Fsp3) is 0.357. The molecule has 0 heterocycles. The van der Waals surface area contributed by atoms with Crippen LogP contribution >= 0.6 is 0 Å². The molecule has 0 aliphatic carbocycles. The number of rotatable bonds is 6. The molecule has 0 saturated carbocycles. The molecular weight excluding hydrogens is 290 g/mol. The molecule has 1 aromatic carbocycles. The van der Waals surface area contributed by atoms with Crippen molar-refractivity contribution in [2.24, 2.45) is 0 Å². The van der Waals surface area contributed by atoms with Crippen molar-refractivity contribution in [1.29, 1.82) is 0 Å². The molecule has 4 N–H and O–H groups in total. The summed E-state index contributed by atoms with van der Waals surface area (Å²) >= 11 is 0. The van der Waals surface area contributed by atoms with E-state index in [1.54, 1.807) is 38.1 Å². The largest absolute Gasteiger partial charge is 0.399 e. The Hall–Kier alpha value is -1.86. The summed E-state index contributed by atoms with van der Waals surface area (Å²) in [6.45, 7) is 3.56. The third kappa shape index (κ3) is 7.48. The molecule has 0 aliphatic rings. The van der Waals surface area contributed by atoms with Gasteiger partial charge in [-0.3, -0.25) is 4.79 Å². The van der Waals surface area contributed by atoms with Gasteiger partial charge < -0.3 is 11.1 Å². The van der Waals surface area contributed by atoms with Crippen molar-refractivity contribution in [3.05, 3.63) is 35.9 Å². The van der Waals surface area contributed by atoms with Gasteiger partial charge in [-0.25, -0.2) is 13.1 Å². The number of amides is 1. The molecule has 6 nitrogen and oxygen atoms in total. The maximum atomic E-state index is 11.7. The van der Waals surface area contributed by atoms with Crippen LogP contribution in [0.4, 0.5) is 5.69 Å². The summed E-state index contributed by atoms with van der Waals surface area (Å²) in [5, 5.41) is 2.65. The van der Waals surface area contributed by atoms with Crippen molar-refractivity contribution in [3.8, 4) is 0 Å². The van der Waals surface area contributed by atoms with E-state index < -0.39 is 15.6 Å². The normalized spacial score (nSPS) is 12.5. The zero-order chi connectivity index (χ0) is 16.1. The molecule has 116 valence electrons. The van der Waals surface area contributed by atoms with Crippen molar-refractivity contribution in [2.75, 3.05) is 18.5 Å². The first-order valence-corrected chi connectivity index (χ1v) is 8.27. The smallest absolute Gasteiger partial charge is 0.244 e. The van der Waals surface area contributed by atoms with Gasteiger partial charge in [-0.1, -0.05) is 12.1 Å². The third-order valence-electron chi connectivity index (χ3n) is 2.50. The molecule has 7 heteroatoms. The van der Waals surface area contributed by atoms with Gasteiger partial charge in [0.15, 0.2) is 0 Å². The maximum absolute atomic E-state index is 11.7. The summed E-state index contributed by atoms with van der Waals surface area (Å²) in [5.74, 6) is -0.305. The van der Waals surface area contributed by atoms with Gasteiger partial charge in [0.2, 0.25) is 15.9 Å². The Morgan fingerprint density at radius 3 is 2.62 bits per heavy atom. The van der Waals surface area contributed by atoms with Crippen LogP contribution in [0, 0.1) is 0 Å². The maximum Gasteiger partial charge on any atom is 0.244 e. The molecule has 0 aliphatic heterocycles. The van der Waals surface area contributed by atoms with Gasteiger partial charge in [0.05, 0.1) is 6.26 Å². The van der Waals surface area contributed by atoms with E-state index in [9.17, 15) is 13.2 Å². The first-order valence-electron chi connectivity index (χ1n) is 6.38. The quantitative estimate of drug-likeness (QED) is 0.532. The number of carbonyl (C=O) groups is 1. The summed E-state index contributed by atoms with van der Waals surface area (Å²) in [5.41, 5.74) is 6.32. The van der Waals surface area contributed by atoms with Crippen LogP contribution < -0.4 is 15.8 Å². The number of nitrogens with two attached hydrogens (primary N) is 1. The molecule has 21 heavy (non-hydrogen) atoms. The summed E-state index contributed by atoms with van der Waals surface area (Å²) < 4.78 is 24.8. The Morgan fingerprint density at radius 1 is 1.38 bits per heavy atom. The highest BCUT2D eigenvalue weighted by Crippen LogP contribution is 2.08. The number of benzene rings is 1. The molecule has 0 spiro atoms. The van der Waals surface area contributed by atoms with Crippen molar-refractivity contribution >= 4 is 27.7 Å². The van der Waals surface area contributed by atoms with Gasteiger partial charge in [0.25, 0.3) is 0 Å². The lowest BCUT2D eigenvalue weighted by molar-refractivity contribution is -0.116. The lowest BCUT2D eigenvalue weighted by atomic mass is 10.1. The summed E-state index contributed by atoms with van der Waals surface area (Å²) in [6.07, 6.45) is 4.10. The van der Waals surface area contributed by atoms with E-state index in [0.717, 1.165) is 11.8 Å². The van der Waals surface area contributed by atoms with E-state index in [1.165, 1.54) is 6.08 Å². The third-order valence-corrected chi connectivity index (χ3v) is 3.43. The molecular formula is C14H21N3O3S. The minimum absolute atomic E-state index is 0.181. The van der Waals surface area contributed by atoms with Gasteiger partial charge in [-0.05, 0) is 37.6 Å². The number of hydrogen-bond acceptors (Lipinski definition) is 4. The van der Waals surface area contributed by atoms with Crippen LogP contribution in [0.15, 0.2) is 30.3 Å². The van der Waals surface area contributed by atoms with Gasteiger partial charge >= 0.3 is 0 Å². The van der Waals surface area contributed by atoms with E-state index in [0.29, 0.717) is 5.69 Å². The molecule has 0 saturated heterocycles. The predicted molar refractivity (Wildman–Crippen MR) is 85.0 cm³/mol. The Morgan fingerprint density at radius 2 is 2.05 bits per heavy atom. The highest BCUT2D eigenvalue weighted by molar-refractivity contribution is 7.88. The standard InChI is InChI=1S/C14H21N3O3S/c1-14(2,17-21(3,19)20)10-16-13(18)8-7-11-5-4-6-12(15)9-11/h4-9,17H,10,15H2,1-3H3,(H,16,18)/b8-7+.